The van der Waals surface area contributed by atoms with Crippen LogP contribution >= 0.6 is 0 Å². The van der Waals surface area contributed by atoms with Gasteiger partial charge in [-0.1, -0.05) is 18.2 Å². The highest BCUT2D eigenvalue weighted by Crippen LogP contribution is 2.47. The summed E-state index contributed by atoms with van der Waals surface area (Å²) < 4.78 is 2.31. The minimum atomic E-state index is 0.250. The Labute approximate surface area is 118 Å². The molecule has 2 aromatic rings. The lowest BCUT2D eigenvalue weighted by molar-refractivity contribution is -0.129. The van der Waals surface area contributed by atoms with Crippen LogP contribution in [0.25, 0.3) is 10.9 Å². The van der Waals surface area contributed by atoms with Crippen molar-refractivity contribution >= 4 is 16.7 Å². The lowest BCUT2D eigenvalue weighted by Crippen LogP contribution is -2.49. The predicted molar refractivity (Wildman–Crippen MR) is 77.7 cm³/mol. The zero-order valence-electron chi connectivity index (χ0n) is 11.5. The fourth-order valence-electron chi connectivity index (χ4n) is 4.71. The number of carbonyl (C=O) groups is 1. The van der Waals surface area contributed by atoms with Gasteiger partial charge in [-0.15, -0.1) is 0 Å². The van der Waals surface area contributed by atoms with E-state index in [0.29, 0.717) is 18.4 Å². The summed E-state index contributed by atoms with van der Waals surface area (Å²) >= 11 is 0. The van der Waals surface area contributed by atoms with Gasteiger partial charge in [0.15, 0.2) is 5.78 Å². The van der Waals surface area contributed by atoms with Crippen molar-refractivity contribution in [3.8, 4) is 0 Å². The van der Waals surface area contributed by atoms with Crippen LogP contribution in [-0.4, -0.2) is 28.3 Å². The quantitative estimate of drug-likeness (QED) is 0.732. The van der Waals surface area contributed by atoms with Gasteiger partial charge in [0.1, 0.15) is 0 Å². The highest BCUT2D eigenvalue weighted by atomic mass is 16.1. The Balaban J connectivity index is 1.86. The van der Waals surface area contributed by atoms with Crippen molar-refractivity contribution in [3.63, 3.8) is 0 Å². The number of benzene rings is 1. The van der Waals surface area contributed by atoms with Crippen LogP contribution < -0.4 is 0 Å². The first-order valence-corrected chi connectivity index (χ1v) is 7.71. The van der Waals surface area contributed by atoms with Crippen LogP contribution in [0, 0.1) is 5.92 Å². The number of piperidine rings is 1. The molecule has 3 aliphatic heterocycles. The molecule has 102 valence electrons. The Hall–Kier alpha value is -1.61. The third-order valence-corrected chi connectivity index (χ3v) is 5.51. The van der Waals surface area contributed by atoms with Gasteiger partial charge in [-0.2, -0.15) is 0 Å². The van der Waals surface area contributed by atoms with Crippen molar-refractivity contribution in [2.24, 2.45) is 5.92 Å². The first-order valence-electron chi connectivity index (χ1n) is 7.71. The highest BCUT2D eigenvalue weighted by Gasteiger charge is 2.45. The molecule has 0 saturated carbocycles. The van der Waals surface area contributed by atoms with Crippen LogP contribution in [0.5, 0.6) is 0 Å². The van der Waals surface area contributed by atoms with E-state index in [9.17, 15) is 4.79 Å². The van der Waals surface area contributed by atoms with Gasteiger partial charge in [0, 0.05) is 29.1 Å². The third kappa shape index (κ3) is 1.22. The minimum absolute atomic E-state index is 0.250. The van der Waals surface area contributed by atoms with Crippen LogP contribution in [-0.2, 0) is 17.8 Å². The molecule has 1 fully saturated rings. The van der Waals surface area contributed by atoms with Gasteiger partial charge in [-0.05, 0) is 37.4 Å². The fraction of sp³-hybridized carbons (Fsp3) is 0.471. The summed E-state index contributed by atoms with van der Waals surface area (Å²) in [6.07, 6.45) is 3.41. The van der Waals surface area contributed by atoms with Crippen LogP contribution in [0.15, 0.2) is 24.3 Å². The average Bonchev–Trinajstić information content (AvgIpc) is 2.82. The molecule has 3 heteroatoms. The molecule has 1 saturated heterocycles. The van der Waals surface area contributed by atoms with E-state index < -0.39 is 0 Å². The standard InChI is InChI=1S/C17H18N2O/c20-15-10-19-14-6-2-1-4-11(14)12-7-9-18-8-3-5-13(15)16(18)17(12)19/h1-2,4,6,13,16H,3,5,7-10H2/t13-,16+/m0/s1. The molecule has 0 unspecified atom stereocenters. The number of aromatic nitrogens is 1. The molecular weight excluding hydrogens is 248 g/mol. The van der Waals surface area contributed by atoms with E-state index in [-0.39, 0.29) is 5.92 Å². The number of hydrogen-bond acceptors (Lipinski definition) is 2. The summed E-state index contributed by atoms with van der Waals surface area (Å²) in [4.78, 5) is 15.1. The number of rotatable bonds is 0. The number of nitrogens with zero attached hydrogens (tertiary/aromatic N) is 2. The van der Waals surface area contributed by atoms with E-state index in [1.54, 1.807) is 0 Å². The Kier molecular flexibility index (Phi) is 2.07. The summed E-state index contributed by atoms with van der Waals surface area (Å²) in [6.45, 7) is 2.87. The largest absolute Gasteiger partial charge is 0.335 e. The molecule has 3 aliphatic rings. The van der Waals surface area contributed by atoms with E-state index in [1.807, 2.05) is 0 Å². The van der Waals surface area contributed by atoms with Crippen molar-refractivity contribution in [3.05, 3.63) is 35.5 Å². The maximum Gasteiger partial charge on any atom is 0.157 e. The van der Waals surface area contributed by atoms with Crippen LogP contribution in [0.2, 0.25) is 0 Å². The van der Waals surface area contributed by atoms with Gasteiger partial charge in [-0.25, -0.2) is 0 Å². The molecule has 1 aromatic carbocycles. The Morgan fingerprint density at radius 1 is 1.15 bits per heavy atom. The molecule has 0 aliphatic carbocycles. The first-order chi connectivity index (χ1) is 9.84. The smallest absolute Gasteiger partial charge is 0.157 e. The number of Topliss-reactive ketones (excluding diaryl/α,β-unsaturated/α-hetero) is 1. The molecule has 4 heterocycles. The van der Waals surface area contributed by atoms with E-state index in [0.717, 1.165) is 25.9 Å². The molecule has 2 atom stereocenters. The van der Waals surface area contributed by atoms with Gasteiger partial charge in [0.25, 0.3) is 0 Å². The van der Waals surface area contributed by atoms with Gasteiger partial charge >= 0.3 is 0 Å². The maximum absolute atomic E-state index is 12.6. The zero-order chi connectivity index (χ0) is 13.3. The number of hydrogen-bond donors (Lipinski definition) is 0. The summed E-state index contributed by atoms with van der Waals surface area (Å²) in [5.41, 5.74) is 4.24. The third-order valence-electron chi connectivity index (χ3n) is 5.51. The Morgan fingerprint density at radius 3 is 3.00 bits per heavy atom. The van der Waals surface area contributed by atoms with E-state index in [2.05, 4.69) is 33.7 Å². The normalized spacial score (nSPS) is 28.7. The Morgan fingerprint density at radius 2 is 2.05 bits per heavy atom. The monoisotopic (exact) mass is 266 g/mol. The second-order valence-electron chi connectivity index (χ2n) is 6.41. The predicted octanol–water partition coefficient (Wildman–Crippen LogP) is 2.53. The molecule has 20 heavy (non-hydrogen) atoms. The second kappa shape index (κ2) is 3.73. The minimum Gasteiger partial charge on any atom is -0.335 e. The summed E-state index contributed by atoms with van der Waals surface area (Å²) in [5, 5.41) is 1.38. The van der Waals surface area contributed by atoms with E-state index in [1.165, 1.54) is 28.6 Å². The number of fused-ring (bicyclic) bond motifs is 3. The molecule has 5 rings (SSSR count). The van der Waals surface area contributed by atoms with E-state index in [4.69, 9.17) is 0 Å². The van der Waals surface area contributed by atoms with Gasteiger partial charge in [-0.3, -0.25) is 9.69 Å². The molecule has 0 spiro atoms. The van der Waals surface area contributed by atoms with Gasteiger partial charge in [0.05, 0.1) is 12.6 Å². The number of ketones is 1. The molecule has 0 bridgehead atoms. The lowest BCUT2D eigenvalue weighted by atomic mass is 9.78. The van der Waals surface area contributed by atoms with Crippen molar-refractivity contribution in [1.29, 1.82) is 0 Å². The summed E-state index contributed by atoms with van der Waals surface area (Å²) in [5.74, 6) is 0.695. The molecule has 0 radical (unpaired) electrons. The van der Waals surface area contributed by atoms with Crippen molar-refractivity contribution in [2.45, 2.75) is 31.8 Å². The van der Waals surface area contributed by atoms with Crippen molar-refractivity contribution in [2.75, 3.05) is 13.1 Å². The number of carbonyl (C=O) groups excluding carboxylic acids is 1. The molecule has 1 aromatic heterocycles. The molecule has 0 N–H and O–H groups in total. The van der Waals surface area contributed by atoms with Gasteiger partial charge in [0.2, 0.25) is 0 Å². The van der Waals surface area contributed by atoms with Crippen LogP contribution in [0.1, 0.15) is 30.1 Å². The zero-order valence-corrected chi connectivity index (χ0v) is 11.5. The SMILES string of the molecule is O=C1Cn2c3c(c4ccccc42)CCN2CCC[C@@H]1[C@H]32. The summed E-state index contributed by atoms with van der Waals surface area (Å²) in [6, 6.07) is 8.98. The van der Waals surface area contributed by atoms with E-state index >= 15 is 0 Å². The maximum atomic E-state index is 12.6. The summed E-state index contributed by atoms with van der Waals surface area (Å²) in [7, 11) is 0. The number of para-hydroxylation sites is 1. The Bertz CT molecular complexity index is 730. The lowest BCUT2D eigenvalue weighted by Gasteiger charge is -2.46. The first kappa shape index (κ1) is 11.1. The van der Waals surface area contributed by atoms with Crippen LogP contribution in [0.4, 0.5) is 0 Å². The van der Waals surface area contributed by atoms with Crippen molar-refractivity contribution < 1.29 is 4.79 Å². The highest BCUT2D eigenvalue weighted by molar-refractivity contribution is 5.91. The fourth-order valence-corrected chi connectivity index (χ4v) is 4.71. The van der Waals surface area contributed by atoms with Gasteiger partial charge < -0.3 is 4.57 Å². The second-order valence-corrected chi connectivity index (χ2v) is 6.41. The topological polar surface area (TPSA) is 25.2 Å². The molecule has 0 amide bonds. The molecule has 3 nitrogen and oxygen atoms in total. The van der Waals surface area contributed by atoms with Crippen LogP contribution in [0.3, 0.4) is 0 Å². The molecular formula is C17H18N2O. The average molecular weight is 266 g/mol. The van der Waals surface area contributed by atoms with Crippen molar-refractivity contribution in [1.82, 2.24) is 9.47 Å².